The molecule has 0 saturated heterocycles. The summed E-state index contributed by atoms with van der Waals surface area (Å²) in [5.74, 6) is -0.0519. The Labute approximate surface area is 105 Å². The van der Waals surface area contributed by atoms with Gasteiger partial charge < -0.3 is 0 Å². The van der Waals surface area contributed by atoms with E-state index in [-0.39, 0.29) is 10.9 Å². The maximum Gasteiger partial charge on any atom is 0.272 e. The van der Waals surface area contributed by atoms with Gasteiger partial charge in [-0.1, -0.05) is 29.4 Å². The average molecular weight is 264 g/mol. The molecule has 0 unspecified atom stereocenters. The predicted molar refractivity (Wildman–Crippen MR) is 66.0 cm³/mol. The zero-order chi connectivity index (χ0) is 13.0. The van der Waals surface area contributed by atoms with Gasteiger partial charge >= 0.3 is 0 Å². The van der Waals surface area contributed by atoms with Crippen LogP contribution in [0.2, 0.25) is 0 Å². The van der Waals surface area contributed by atoms with Crippen LogP contribution in [-0.2, 0) is 9.84 Å². The molecule has 94 valence electrons. The molecule has 0 amide bonds. The minimum absolute atomic E-state index is 0.0519. The fraction of sp³-hybridized carbons (Fsp3) is 0.182. The van der Waals surface area contributed by atoms with Crippen LogP contribution in [0.3, 0.4) is 0 Å². The van der Waals surface area contributed by atoms with Crippen molar-refractivity contribution in [3.8, 4) is 5.69 Å². The van der Waals surface area contributed by atoms with E-state index in [1.54, 1.807) is 30.3 Å². The molecule has 0 aliphatic carbocycles. The van der Waals surface area contributed by atoms with Gasteiger partial charge in [0, 0.05) is 0 Å². The Morgan fingerprint density at radius 1 is 1.28 bits per heavy atom. The van der Waals surface area contributed by atoms with E-state index >= 15 is 0 Å². The molecule has 1 heterocycles. The van der Waals surface area contributed by atoms with Crippen LogP contribution in [0.25, 0.3) is 5.69 Å². The molecule has 18 heavy (non-hydrogen) atoms. The third-order valence-corrected chi connectivity index (χ3v) is 3.89. The van der Waals surface area contributed by atoms with Gasteiger partial charge in [0.25, 0.3) is 5.16 Å². The lowest BCUT2D eigenvalue weighted by Crippen LogP contribution is -2.13. The molecule has 0 aliphatic rings. The van der Waals surface area contributed by atoms with Crippen molar-refractivity contribution in [3.05, 3.63) is 43.0 Å². The summed E-state index contributed by atoms with van der Waals surface area (Å²) in [6.07, 6.45) is 1.91. The third kappa shape index (κ3) is 2.45. The predicted octanol–water partition coefficient (Wildman–Crippen LogP) is 1.01. The van der Waals surface area contributed by atoms with E-state index in [4.69, 9.17) is 0 Å². The first-order chi connectivity index (χ1) is 8.65. The molecule has 1 aromatic heterocycles. The van der Waals surface area contributed by atoms with Crippen molar-refractivity contribution < 1.29 is 8.42 Å². The largest absolute Gasteiger partial charge is 0.272 e. The lowest BCUT2D eigenvalue weighted by atomic mass is 10.3. The van der Waals surface area contributed by atoms with Gasteiger partial charge in [0.2, 0.25) is 9.84 Å². The number of rotatable bonds is 5. The second-order valence-electron chi connectivity index (χ2n) is 3.61. The van der Waals surface area contributed by atoms with Gasteiger partial charge in [-0.2, -0.15) is 4.68 Å². The Kier molecular flexibility index (Phi) is 3.52. The van der Waals surface area contributed by atoms with Crippen LogP contribution in [-0.4, -0.2) is 34.4 Å². The van der Waals surface area contributed by atoms with Crippen molar-refractivity contribution in [3.63, 3.8) is 0 Å². The molecule has 0 spiro atoms. The lowest BCUT2D eigenvalue weighted by molar-refractivity contribution is 0.580. The molecular weight excluding hydrogens is 252 g/mol. The topological polar surface area (TPSA) is 77.7 Å². The van der Waals surface area contributed by atoms with E-state index in [2.05, 4.69) is 22.1 Å². The summed E-state index contributed by atoms with van der Waals surface area (Å²) in [4.78, 5) is 0. The van der Waals surface area contributed by atoms with Crippen molar-refractivity contribution in [1.82, 2.24) is 20.2 Å². The average Bonchev–Trinajstić information content (AvgIpc) is 2.87. The lowest BCUT2D eigenvalue weighted by Gasteiger charge is -2.04. The van der Waals surface area contributed by atoms with E-state index in [1.165, 1.54) is 4.68 Å². The van der Waals surface area contributed by atoms with Crippen LogP contribution < -0.4 is 0 Å². The van der Waals surface area contributed by atoms with Crippen molar-refractivity contribution in [2.45, 2.75) is 11.6 Å². The summed E-state index contributed by atoms with van der Waals surface area (Å²) in [6, 6.07) is 8.89. The van der Waals surface area contributed by atoms with Crippen molar-refractivity contribution in [2.24, 2.45) is 0 Å². The molecular formula is C11H12N4O2S. The van der Waals surface area contributed by atoms with Crippen LogP contribution in [0.5, 0.6) is 0 Å². The summed E-state index contributed by atoms with van der Waals surface area (Å²) >= 11 is 0. The number of sulfone groups is 1. The number of hydrogen-bond donors (Lipinski definition) is 0. The van der Waals surface area contributed by atoms with Gasteiger partial charge in [-0.3, -0.25) is 0 Å². The van der Waals surface area contributed by atoms with Gasteiger partial charge in [-0.15, -0.1) is 6.58 Å². The first-order valence-corrected chi connectivity index (χ1v) is 6.98. The number of hydrogen-bond acceptors (Lipinski definition) is 5. The maximum atomic E-state index is 12.0. The van der Waals surface area contributed by atoms with Crippen LogP contribution in [0.15, 0.2) is 48.1 Å². The molecule has 7 heteroatoms. The third-order valence-electron chi connectivity index (χ3n) is 2.31. The van der Waals surface area contributed by atoms with Crippen LogP contribution in [0, 0.1) is 0 Å². The van der Waals surface area contributed by atoms with Gasteiger partial charge in [-0.25, -0.2) is 8.42 Å². The van der Waals surface area contributed by atoms with Crippen molar-refractivity contribution in [1.29, 1.82) is 0 Å². The van der Waals surface area contributed by atoms with Gasteiger partial charge in [0.05, 0.1) is 11.4 Å². The molecule has 0 bridgehead atoms. The quantitative estimate of drug-likeness (QED) is 0.753. The maximum absolute atomic E-state index is 12.0. The second kappa shape index (κ2) is 5.09. The molecule has 6 nitrogen and oxygen atoms in total. The number of aromatic nitrogens is 4. The highest BCUT2D eigenvalue weighted by Gasteiger charge is 2.22. The van der Waals surface area contributed by atoms with E-state index in [9.17, 15) is 8.42 Å². The minimum Gasteiger partial charge on any atom is -0.220 e. The Morgan fingerprint density at radius 2 is 2.00 bits per heavy atom. The summed E-state index contributed by atoms with van der Waals surface area (Å²) in [7, 11) is -3.50. The highest BCUT2D eigenvalue weighted by molar-refractivity contribution is 7.91. The molecule has 0 atom stereocenters. The van der Waals surface area contributed by atoms with Gasteiger partial charge in [-0.05, 0) is 29.0 Å². The number of tetrazole rings is 1. The molecule has 2 rings (SSSR count). The normalized spacial score (nSPS) is 11.3. The Morgan fingerprint density at radius 3 is 2.67 bits per heavy atom. The zero-order valence-electron chi connectivity index (χ0n) is 9.60. The number of benzene rings is 1. The van der Waals surface area contributed by atoms with E-state index in [0.717, 1.165) is 0 Å². The number of nitrogens with zero attached hydrogens (tertiary/aromatic N) is 4. The summed E-state index contributed by atoms with van der Waals surface area (Å²) in [5, 5.41) is 10.6. The highest BCUT2D eigenvalue weighted by Crippen LogP contribution is 2.13. The fourth-order valence-corrected chi connectivity index (χ4v) is 2.66. The van der Waals surface area contributed by atoms with E-state index < -0.39 is 9.84 Å². The fourth-order valence-electron chi connectivity index (χ4n) is 1.43. The SMILES string of the molecule is C=CCCS(=O)(=O)c1nnnn1-c1ccccc1. The molecule has 2 aromatic rings. The standard InChI is InChI=1S/C11H12N4O2S/c1-2-3-9-18(16,17)11-12-13-14-15(11)10-7-5-4-6-8-10/h2,4-8H,1,3,9H2. The molecule has 0 saturated carbocycles. The van der Waals surface area contributed by atoms with E-state index in [0.29, 0.717) is 12.1 Å². The molecule has 0 N–H and O–H groups in total. The number of para-hydroxylation sites is 1. The second-order valence-corrected chi connectivity index (χ2v) is 5.61. The van der Waals surface area contributed by atoms with Crippen LogP contribution in [0.4, 0.5) is 0 Å². The molecule has 0 radical (unpaired) electrons. The first-order valence-electron chi connectivity index (χ1n) is 5.32. The van der Waals surface area contributed by atoms with Crippen LogP contribution in [0.1, 0.15) is 6.42 Å². The Bertz CT molecular complexity index is 634. The highest BCUT2D eigenvalue weighted by atomic mass is 32.2. The zero-order valence-corrected chi connectivity index (χ0v) is 10.4. The summed E-state index contributed by atoms with van der Waals surface area (Å²) in [6.45, 7) is 3.50. The number of allylic oxidation sites excluding steroid dienone is 1. The summed E-state index contributed by atoms with van der Waals surface area (Å²) < 4.78 is 25.3. The monoisotopic (exact) mass is 264 g/mol. The molecule has 0 aliphatic heterocycles. The van der Waals surface area contributed by atoms with Gasteiger partial charge in [0.15, 0.2) is 0 Å². The van der Waals surface area contributed by atoms with E-state index in [1.807, 2.05) is 6.07 Å². The van der Waals surface area contributed by atoms with Crippen molar-refractivity contribution >= 4 is 9.84 Å². The van der Waals surface area contributed by atoms with Crippen molar-refractivity contribution in [2.75, 3.05) is 5.75 Å². The Hall–Kier alpha value is -2.02. The van der Waals surface area contributed by atoms with Gasteiger partial charge in [0.1, 0.15) is 0 Å². The summed E-state index contributed by atoms with van der Waals surface area (Å²) in [5.41, 5.74) is 0.611. The molecule has 0 fully saturated rings. The first kappa shape index (κ1) is 12.4. The Balaban J connectivity index is 2.43. The van der Waals surface area contributed by atoms with Crippen LogP contribution >= 0.6 is 0 Å². The minimum atomic E-state index is -3.50. The molecule has 1 aromatic carbocycles. The smallest absolute Gasteiger partial charge is 0.220 e.